The Morgan fingerprint density at radius 1 is 1.30 bits per heavy atom. The number of allylic oxidation sites excluding steroid dienone is 1. The maximum Gasteiger partial charge on any atom is 0.252 e. The summed E-state index contributed by atoms with van der Waals surface area (Å²) in [4.78, 5) is 20.2. The van der Waals surface area contributed by atoms with Gasteiger partial charge >= 0.3 is 0 Å². The minimum atomic E-state index is -0.614. The molecule has 1 heterocycles. The highest BCUT2D eigenvalue weighted by Crippen LogP contribution is 2.21. The summed E-state index contributed by atoms with van der Waals surface area (Å²) < 4.78 is 5.47. The smallest absolute Gasteiger partial charge is 0.252 e. The Morgan fingerprint density at radius 2 is 2.04 bits per heavy atom. The lowest BCUT2D eigenvalue weighted by Gasteiger charge is -2.11. The van der Waals surface area contributed by atoms with Crippen molar-refractivity contribution in [2.24, 2.45) is 16.5 Å². The summed E-state index contributed by atoms with van der Waals surface area (Å²) in [6, 6.07) is 7.54. The first kappa shape index (κ1) is 16.5. The molecule has 6 heteroatoms. The Labute approximate surface area is 134 Å². The fraction of sp³-hybridized carbons (Fsp3) is 0.235. The van der Waals surface area contributed by atoms with Crippen LogP contribution in [-0.4, -0.2) is 30.3 Å². The van der Waals surface area contributed by atoms with Crippen LogP contribution in [-0.2, 0) is 4.79 Å². The number of amides is 1. The third-order valence-electron chi connectivity index (χ3n) is 3.34. The molecule has 0 aliphatic rings. The fourth-order valence-corrected chi connectivity index (χ4v) is 2.37. The van der Waals surface area contributed by atoms with Crippen molar-refractivity contribution in [3.63, 3.8) is 0 Å². The summed E-state index contributed by atoms with van der Waals surface area (Å²) in [5, 5.41) is 0.908. The number of hydrogen-bond acceptors (Lipinski definition) is 5. The van der Waals surface area contributed by atoms with Gasteiger partial charge in [-0.1, -0.05) is 0 Å². The number of aliphatic imine (C=N–C) groups is 1. The van der Waals surface area contributed by atoms with Crippen LogP contribution >= 0.6 is 0 Å². The number of fused-ring (bicyclic) bond motifs is 1. The van der Waals surface area contributed by atoms with Gasteiger partial charge in [0.15, 0.2) is 0 Å². The van der Waals surface area contributed by atoms with E-state index in [1.807, 2.05) is 31.2 Å². The predicted octanol–water partition coefficient (Wildman–Crippen LogP) is 1.77. The Kier molecular flexibility index (Phi) is 4.95. The van der Waals surface area contributed by atoms with E-state index >= 15 is 0 Å². The number of nitrogens with two attached hydrogens (primary N) is 2. The van der Waals surface area contributed by atoms with E-state index in [-0.39, 0.29) is 5.57 Å². The lowest BCUT2D eigenvalue weighted by atomic mass is 10.00. The minimum Gasteiger partial charge on any atom is -0.494 e. The van der Waals surface area contributed by atoms with Crippen LogP contribution < -0.4 is 16.2 Å². The molecule has 1 aromatic carbocycles. The molecule has 23 heavy (non-hydrogen) atoms. The van der Waals surface area contributed by atoms with Crippen molar-refractivity contribution in [1.82, 2.24) is 4.98 Å². The zero-order chi connectivity index (χ0) is 17.0. The number of aromatic nitrogens is 1. The number of carbonyl (C=O) groups excluding carboxylic acids is 1. The number of hydrogen-bond donors (Lipinski definition) is 2. The summed E-state index contributed by atoms with van der Waals surface area (Å²) in [6.07, 6.45) is 1.65. The van der Waals surface area contributed by atoms with Crippen LogP contribution in [0.1, 0.15) is 19.4 Å². The third kappa shape index (κ3) is 3.48. The molecule has 0 saturated heterocycles. The van der Waals surface area contributed by atoms with E-state index in [2.05, 4.69) is 9.98 Å². The zero-order valence-corrected chi connectivity index (χ0v) is 13.5. The van der Waals surface area contributed by atoms with Crippen LogP contribution in [0, 0.1) is 0 Å². The second kappa shape index (κ2) is 6.91. The van der Waals surface area contributed by atoms with Gasteiger partial charge in [-0.15, -0.1) is 0 Å². The highest BCUT2D eigenvalue weighted by molar-refractivity contribution is 6.28. The molecule has 6 nitrogen and oxygen atoms in total. The number of ether oxygens (including phenoxy) is 1. The Balaban J connectivity index is 2.53. The van der Waals surface area contributed by atoms with Crippen molar-refractivity contribution in [3.8, 4) is 5.75 Å². The quantitative estimate of drug-likeness (QED) is 0.648. The largest absolute Gasteiger partial charge is 0.494 e. The fourth-order valence-electron chi connectivity index (χ4n) is 2.37. The number of primary amides is 1. The van der Waals surface area contributed by atoms with E-state index in [0.29, 0.717) is 23.6 Å². The van der Waals surface area contributed by atoms with Gasteiger partial charge in [0.1, 0.15) is 5.75 Å². The Bertz CT molecular complexity index is 805. The van der Waals surface area contributed by atoms with E-state index in [1.165, 1.54) is 0 Å². The lowest BCUT2D eigenvalue weighted by molar-refractivity contribution is -0.114. The number of pyridine rings is 1. The molecule has 1 aromatic heterocycles. The summed E-state index contributed by atoms with van der Waals surface area (Å²) in [5.41, 5.74) is 13.6. The van der Waals surface area contributed by atoms with Gasteiger partial charge in [-0.25, -0.2) is 0 Å². The third-order valence-corrected chi connectivity index (χ3v) is 3.34. The van der Waals surface area contributed by atoms with Crippen molar-refractivity contribution in [2.75, 3.05) is 13.7 Å². The molecule has 0 bridgehead atoms. The SMILES string of the molecule is CCOc1ccc2cc(C(=NC)/C(C(N)=O)=C(\C)N)cnc2c1. The number of nitrogens with zero attached hydrogens (tertiary/aromatic N) is 2. The van der Waals surface area contributed by atoms with E-state index < -0.39 is 5.91 Å². The molecule has 0 radical (unpaired) electrons. The molecule has 4 N–H and O–H groups in total. The summed E-state index contributed by atoms with van der Waals surface area (Å²) in [5.74, 6) is 0.151. The van der Waals surface area contributed by atoms with Gasteiger partial charge in [0.05, 0.1) is 23.4 Å². The molecular formula is C17H20N4O2. The van der Waals surface area contributed by atoms with Gasteiger partial charge < -0.3 is 16.2 Å². The van der Waals surface area contributed by atoms with Crippen molar-refractivity contribution in [3.05, 3.63) is 47.3 Å². The van der Waals surface area contributed by atoms with Gasteiger partial charge in [0.25, 0.3) is 5.91 Å². The van der Waals surface area contributed by atoms with Gasteiger partial charge in [-0.3, -0.25) is 14.8 Å². The second-order valence-corrected chi connectivity index (χ2v) is 5.01. The second-order valence-electron chi connectivity index (χ2n) is 5.01. The van der Waals surface area contributed by atoms with Crippen molar-refractivity contribution >= 4 is 22.5 Å². The summed E-state index contributed by atoms with van der Waals surface area (Å²) >= 11 is 0. The number of rotatable bonds is 5. The molecule has 1 amide bonds. The van der Waals surface area contributed by atoms with Gasteiger partial charge in [0.2, 0.25) is 0 Å². The van der Waals surface area contributed by atoms with Crippen LogP contribution in [0.25, 0.3) is 10.9 Å². The molecule has 0 aliphatic heterocycles. The molecule has 0 spiro atoms. The Hall–Kier alpha value is -2.89. The maximum absolute atomic E-state index is 11.7. The first-order valence-electron chi connectivity index (χ1n) is 7.24. The van der Waals surface area contributed by atoms with Crippen molar-refractivity contribution in [1.29, 1.82) is 0 Å². The van der Waals surface area contributed by atoms with Crippen LogP contribution in [0.3, 0.4) is 0 Å². The summed E-state index contributed by atoms with van der Waals surface area (Å²) in [7, 11) is 1.59. The van der Waals surface area contributed by atoms with Crippen molar-refractivity contribution in [2.45, 2.75) is 13.8 Å². The van der Waals surface area contributed by atoms with E-state index in [9.17, 15) is 4.79 Å². The van der Waals surface area contributed by atoms with Crippen LogP contribution in [0.15, 0.2) is 46.7 Å². The number of benzene rings is 1. The standard InChI is InChI=1S/C17H20N4O2/c1-4-23-13-6-5-11-7-12(9-21-14(11)8-13)16(20-3)15(10(2)18)17(19)22/h5-9H,4,18H2,1-3H3,(H2,19,22)/b15-10-,20-16?. The topological polar surface area (TPSA) is 104 Å². The highest BCUT2D eigenvalue weighted by atomic mass is 16.5. The first-order chi connectivity index (χ1) is 11.0. The average molecular weight is 312 g/mol. The molecule has 0 unspecified atom stereocenters. The van der Waals surface area contributed by atoms with E-state index in [0.717, 1.165) is 16.7 Å². The first-order valence-corrected chi connectivity index (χ1v) is 7.24. The average Bonchev–Trinajstić information content (AvgIpc) is 2.51. The lowest BCUT2D eigenvalue weighted by Crippen LogP contribution is -2.25. The maximum atomic E-state index is 11.7. The molecule has 2 aromatic rings. The van der Waals surface area contributed by atoms with E-state index in [4.69, 9.17) is 16.2 Å². The highest BCUT2D eigenvalue weighted by Gasteiger charge is 2.17. The van der Waals surface area contributed by atoms with Gasteiger partial charge in [-0.05, 0) is 32.0 Å². The normalized spacial score (nSPS) is 12.9. The molecule has 0 saturated carbocycles. The molecule has 120 valence electrons. The van der Waals surface area contributed by atoms with Crippen molar-refractivity contribution < 1.29 is 9.53 Å². The zero-order valence-electron chi connectivity index (χ0n) is 13.5. The van der Waals surface area contributed by atoms with Crippen LogP contribution in [0.4, 0.5) is 0 Å². The number of carbonyl (C=O) groups is 1. The van der Waals surface area contributed by atoms with Crippen LogP contribution in [0.5, 0.6) is 5.75 Å². The predicted molar refractivity (Wildman–Crippen MR) is 91.5 cm³/mol. The molecule has 0 atom stereocenters. The van der Waals surface area contributed by atoms with Crippen LogP contribution in [0.2, 0.25) is 0 Å². The molecular weight excluding hydrogens is 292 g/mol. The minimum absolute atomic E-state index is 0.208. The van der Waals surface area contributed by atoms with Gasteiger partial charge in [-0.2, -0.15) is 0 Å². The summed E-state index contributed by atoms with van der Waals surface area (Å²) in [6.45, 7) is 4.14. The Morgan fingerprint density at radius 3 is 2.61 bits per heavy atom. The molecule has 0 aliphatic carbocycles. The van der Waals surface area contributed by atoms with Gasteiger partial charge in [0, 0.05) is 36.0 Å². The van der Waals surface area contributed by atoms with E-state index in [1.54, 1.807) is 20.2 Å². The molecule has 0 fully saturated rings. The monoisotopic (exact) mass is 312 g/mol. The molecule has 2 rings (SSSR count).